The van der Waals surface area contributed by atoms with Gasteiger partial charge in [0.05, 0.1) is 7.11 Å². The topological polar surface area (TPSA) is 50.3 Å². The highest BCUT2D eigenvalue weighted by atomic mass is 16.5. The lowest BCUT2D eigenvalue weighted by atomic mass is 9.96. The number of aromatic nitrogens is 2. The summed E-state index contributed by atoms with van der Waals surface area (Å²) >= 11 is 0. The molecule has 1 aliphatic heterocycles. The molecule has 110 valence electrons. The van der Waals surface area contributed by atoms with Gasteiger partial charge in [-0.2, -0.15) is 0 Å². The summed E-state index contributed by atoms with van der Waals surface area (Å²) in [7, 11) is 3.49. The van der Waals surface area contributed by atoms with Gasteiger partial charge in [-0.15, -0.1) is 0 Å². The first-order chi connectivity index (χ1) is 10.3. The molecule has 0 radical (unpaired) electrons. The molecular formula is C16H20N4O. The third-order valence-corrected chi connectivity index (χ3v) is 3.98. The van der Waals surface area contributed by atoms with E-state index in [1.807, 2.05) is 7.05 Å². The Morgan fingerprint density at radius 3 is 2.86 bits per heavy atom. The maximum absolute atomic E-state index is 5.55. The van der Waals surface area contributed by atoms with Crippen LogP contribution in [0.4, 0.5) is 17.3 Å². The van der Waals surface area contributed by atoms with Gasteiger partial charge >= 0.3 is 0 Å². The summed E-state index contributed by atoms with van der Waals surface area (Å²) in [4.78, 5) is 11.0. The van der Waals surface area contributed by atoms with E-state index in [1.165, 1.54) is 11.3 Å². The van der Waals surface area contributed by atoms with Crippen molar-refractivity contribution in [1.82, 2.24) is 9.97 Å². The average molecular weight is 284 g/mol. The van der Waals surface area contributed by atoms with Crippen molar-refractivity contribution < 1.29 is 4.74 Å². The summed E-state index contributed by atoms with van der Waals surface area (Å²) in [6.45, 7) is 2.22. The molecule has 5 nitrogen and oxygen atoms in total. The van der Waals surface area contributed by atoms with Crippen LogP contribution in [0, 0.1) is 0 Å². The SMILES string of the molecule is CNc1ncnc(N2c3ccccc3CCC2C)c1OC. The first kappa shape index (κ1) is 13.7. The van der Waals surface area contributed by atoms with E-state index in [-0.39, 0.29) is 0 Å². The number of nitrogens with one attached hydrogen (secondary N) is 1. The number of anilines is 3. The monoisotopic (exact) mass is 284 g/mol. The molecule has 21 heavy (non-hydrogen) atoms. The summed E-state index contributed by atoms with van der Waals surface area (Å²) < 4.78 is 5.55. The van der Waals surface area contributed by atoms with Gasteiger partial charge in [-0.1, -0.05) is 18.2 Å². The van der Waals surface area contributed by atoms with Gasteiger partial charge in [0.2, 0.25) is 5.75 Å². The number of ether oxygens (including phenoxy) is 1. The second-order valence-corrected chi connectivity index (χ2v) is 5.22. The van der Waals surface area contributed by atoms with Crippen LogP contribution >= 0.6 is 0 Å². The maximum atomic E-state index is 5.55. The second-order valence-electron chi connectivity index (χ2n) is 5.22. The lowest BCUT2D eigenvalue weighted by molar-refractivity contribution is 0.411. The van der Waals surface area contributed by atoms with Gasteiger partial charge in [-0.25, -0.2) is 9.97 Å². The van der Waals surface area contributed by atoms with Crippen LogP contribution in [0.1, 0.15) is 18.9 Å². The van der Waals surface area contributed by atoms with Crippen molar-refractivity contribution in [3.63, 3.8) is 0 Å². The molecular weight excluding hydrogens is 264 g/mol. The van der Waals surface area contributed by atoms with Crippen molar-refractivity contribution in [3.05, 3.63) is 36.2 Å². The predicted octanol–water partition coefficient (Wildman–Crippen LogP) is 3.00. The van der Waals surface area contributed by atoms with Crippen LogP contribution in [-0.4, -0.2) is 30.2 Å². The molecule has 0 aliphatic carbocycles. The van der Waals surface area contributed by atoms with Crippen LogP contribution in [0.25, 0.3) is 0 Å². The fourth-order valence-electron chi connectivity index (χ4n) is 2.91. The van der Waals surface area contributed by atoms with Gasteiger partial charge < -0.3 is 15.0 Å². The van der Waals surface area contributed by atoms with Crippen molar-refractivity contribution in [2.75, 3.05) is 24.4 Å². The van der Waals surface area contributed by atoms with Gasteiger partial charge in [0.25, 0.3) is 0 Å². The van der Waals surface area contributed by atoms with Crippen LogP contribution < -0.4 is 15.0 Å². The van der Waals surface area contributed by atoms with Crippen molar-refractivity contribution >= 4 is 17.3 Å². The third-order valence-electron chi connectivity index (χ3n) is 3.98. The Labute approximate surface area is 125 Å². The molecule has 3 rings (SSSR count). The highest BCUT2D eigenvalue weighted by molar-refractivity contribution is 5.74. The Morgan fingerprint density at radius 1 is 1.29 bits per heavy atom. The molecule has 0 spiro atoms. The number of hydrogen-bond acceptors (Lipinski definition) is 5. The maximum Gasteiger partial charge on any atom is 0.204 e. The van der Waals surface area contributed by atoms with E-state index < -0.39 is 0 Å². The molecule has 0 bridgehead atoms. The van der Waals surface area contributed by atoms with Gasteiger partial charge in [0.15, 0.2) is 11.6 Å². The van der Waals surface area contributed by atoms with Gasteiger partial charge in [-0.3, -0.25) is 0 Å². The largest absolute Gasteiger partial charge is 0.490 e. The van der Waals surface area contributed by atoms with Gasteiger partial charge in [-0.05, 0) is 31.4 Å². The van der Waals surface area contributed by atoms with E-state index >= 15 is 0 Å². The summed E-state index contributed by atoms with van der Waals surface area (Å²) in [5.74, 6) is 2.21. The summed E-state index contributed by atoms with van der Waals surface area (Å²) in [6.07, 6.45) is 3.77. The van der Waals surface area contributed by atoms with Crippen molar-refractivity contribution in [1.29, 1.82) is 0 Å². The molecule has 0 saturated carbocycles. The molecule has 5 heteroatoms. The van der Waals surface area contributed by atoms with E-state index in [4.69, 9.17) is 4.74 Å². The number of rotatable bonds is 3. The van der Waals surface area contributed by atoms with Crippen LogP contribution in [0.3, 0.4) is 0 Å². The predicted molar refractivity (Wildman–Crippen MR) is 84.5 cm³/mol. The van der Waals surface area contributed by atoms with Crippen LogP contribution in [0.15, 0.2) is 30.6 Å². The number of aryl methyl sites for hydroxylation is 1. The zero-order chi connectivity index (χ0) is 14.8. The molecule has 0 amide bonds. The quantitative estimate of drug-likeness (QED) is 0.939. The minimum atomic E-state index is 0.369. The van der Waals surface area contributed by atoms with Crippen molar-refractivity contribution in [2.24, 2.45) is 0 Å². The van der Waals surface area contributed by atoms with E-state index in [0.29, 0.717) is 17.6 Å². The minimum absolute atomic E-state index is 0.369. The van der Waals surface area contributed by atoms with Gasteiger partial charge in [0.1, 0.15) is 6.33 Å². The van der Waals surface area contributed by atoms with Crippen molar-refractivity contribution in [3.8, 4) is 5.75 Å². The first-order valence-corrected chi connectivity index (χ1v) is 7.20. The molecule has 1 atom stereocenters. The first-order valence-electron chi connectivity index (χ1n) is 7.20. The van der Waals surface area contributed by atoms with Crippen LogP contribution in [-0.2, 0) is 6.42 Å². The van der Waals surface area contributed by atoms with E-state index in [1.54, 1.807) is 13.4 Å². The summed E-state index contributed by atoms with van der Waals surface area (Å²) in [5, 5.41) is 3.06. The summed E-state index contributed by atoms with van der Waals surface area (Å²) in [6, 6.07) is 8.85. The highest BCUT2D eigenvalue weighted by Gasteiger charge is 2.28. The normalized spacial score (nSPS) is 17.3. The molecule has 2 aromatic rings. The lowest BCUT2D eigenvalue weighted by Crippen LogP contribution is -2.34. The molecule has 1 N–H and O–H groups in total. The molecule has 1 aromatic carbocycles. The van der Waals surface area contributed by atoms with Crippen molar-refractivity contribution in [2.45, 2.75) is 25.8 Å². The van der Waals surface area contributed by atoms with Crippen LogP contribution in [0.5, 0.6) is 5.75 Å². The van der Waals surface area contributed by atoms with E-state index in [0.717, 1.165) is 18.7 Å². The molecule has 2 heterocycles. The minimum Gasteiger partial charge on any atom is -0.490 e. The smallest absolute Gasteiger partial charge is 0.204 e. The number of fused-ring (bicyclic) bond motifs is 1. The number of hydrogen-bond donors (Lipinski definition) is 1. The standard InChI is InChI=1S/C16H20N4O/c1-11-8-9-12-6-4-5-7-13(12)20(11)16-14(21-3)15(17-2)18-10-19-16/h4-7,10-11H,8-9H2,1-3H3,(H,17,18,19). The Balaban J connectivity index is 2.16. The fraction of sp³-hybridized carbons (Fsp3) is 0.375. The Bertz CT molecular complexity index is 644. The lowest BCUT2D eigenvalue weighted by Gasteiger charge is -2.36. The molecule has 0 saturated heterocycles. The molecule has 1 unspecified atom stereocenters. The molecule has 1 aliphatic rings. The zero-order valence-corrected chi connectivity index (χ0v) is 12.6. The number of para-hydroxylation sites is 1. The number of nitrogens with zero attached hydrogens (tertiary/aromatic N) is 3. The van der Waals surface area contributed by atoms with E-state index in [9.17, 15) is 0 Å². The third kappa shape index (κ3) is 2.28. The fourth-order valence-corrected chi connectivity index (χ4v) is 2.91. The van der Waals surface area contributed by atoms with Gasteiger partial charge in [0, 0.05) is 18.8 Å². The van der Waals surface area contributed by atoms with Crippen LogP contribution in [0.2, 0.25) is 0 Å². The average Bonchev–Trinajstić information content (AvgIpc) is 2.54. The van der Waals surface area contributed by atoms with E-state index in [2.05, 4.69) is 51.4 Å². The Hall–Kier alpha value is -2.30. The molecule has 1 aromatic heterocycles. The Kier molecular flexibility index (Phi) is 3.64. The number of benzene rings is 1. The summed E-state index contributed by atoms with van der Waals surface area (Å²) in [5.41, 5.74) is 2.55. The zero-order valence-electron chi connectivity index (χ0n) is 12.6. The number of methoxy groups -OCH3 is 1. The molecule has 0 fully saturated rings. The Morgan fingerprint density at radius 2 is 2.10 bits per heavy atom. The highest BCUT2D eigenvalue weighted by Crippen LogP contribution is 2.41. The second kappa shape index (κ2) is 5.60.